The second-order valence-corrected chi connectivity index (χ2v) is 12.8. The van der Waals surface area contributed by atoms with E-state index in [1.807, 2.05) is 60.7 Å². The number of imidazole rings is 1. The highest BCUT2D eigenvalue weighted by Gasteiger charge is 2.44. The lowest BCUT2D eigenvalue weighted by Crippen LogP contribution is -2.42. The summed E-state index contributed by atoms with van der Waals surface area (Å²) in [5.41, 5.74) is 2.71. The van der Waals surface area contributed by atoms with Gasteiger partial charge in [0.25, 0.3) is 5.91 Å². The van der Waals surface area contributed by atoms with E-state index in [-0.39, 0.29) is 68.2 Å². The van der Waals surface area contributed by atoms with Gasteiger partial charge >= 0.3 is 24.1 Å². The molecule has 1 fully saturated rings. The summed E-state index contributed by atoms with van der Waals surface area (Å²) < 4.78 is 38.1. The molecule has 4 atom stereocenters. The number of fused-ring (bicyclic) bond motifs is 1. The van der Waals surface area contributed by atoms with E-state index in [0.717, 1.165) is 11.1 Å². The quantitative estimate of drug-likeness (QED) is 0.0631. The number of nitrogens with zero attached hydrogens (tertiary/aromatic N) is 4. The summed E-state index contributed by atoms with van der Waals surface area (Å²) in [7, 11) is 0. The van der Waals surface area contributed by atoms with Crippen LogP contribution in [0.2, 0.25) is 0 Å². The van der Waals surface area contributed by atoms with Gasteiger partial charge in [-0.1, -0.05) is 67.6 Å². The molecule has 8 N–H and O–H groups in total. The molecule has 0 aliphatic heterocycles. The number of anilines is 1. The van der Waals surface area contributed by atoms with Crippen molar-refractivity contribution in [2.75, 3.05) is 38.1 Å². The average Bonchev–Trinajstić information content (AvgIpc) is 3.75. The Labute approximate surface area is 329 Å². The highest BCUT2D eigenvalue weighted by atomic mass is 19.4. The topological polar surface area (TPSA) is 259 Å². The largest absolute Gasteiger partial charge is 0.490 e. The molecular weight excluding hydrogens is 771 g/mol. The van der Waals surface area contributed by atoms with Crippen LogP contribution >= 0.6 is 0 Å². The van der Waals surface area contributed by atoms with Gasteiger partial charge in [0.2, 0.25) is 11.7 Å². The van der Waals surface area contributed by atoms with E-state index in [9.17, 15) is 42.6 Å². The molecule has 0 spiro atoms. The molecular formula is C37H44F3N9O9. The van der Waals surface area contributed by atoms with E-state index in [2.05, 4.69) is 41.5 Å². The number of hydrogen-bond donors (Lipinski definition) is 8. The van der Waals surface area contributed by atoms with Gasteiger partial charge in [0.15, 0.2) is 11.5 Å². The van der Waals surface area contributed by atoms with Crippen LogP contribution < -0.4 is 26.6 Å². The SMILES string of the molecule is CCOC(=O)CNC(=O)NCCNC(=O)c1nc(NCC(c2ccccc2)c2ccccc2)c2ncn([C@@H]3C[C@H](NC(=O)CC)[C@@H](O)[C@H]3O)c2n1.O=C(O)C(F)(F)F. The van der Waals surface area contributed by atoms with Crippen LogP contribution in [-0.4, -0.2) is 122 Å². The van der Waals surface area contributed by atoms with Crippen molar-refractivity contribution in [1.82, 2.24) is 40.8 Å². The number of carbonyl (C=O) groups excluding carboxylic acids is 4. The predicted octanol–water partition coefficient (Wildman–Crippen LogP) is 1.86. The number of benzene rings is 2. The zero-order valence-corrected chi connectivity index (χ0v) is 31.4. The van der Waals surface area contributed by atoms with E-state index >= 15 is 0 Å². The molecule has 2 aromatic heterocycles. The number of hydrogen-bond acceptors (Lipinski definition) is 12. The normalized spacial score (nSPS) is 17.4. The molecule has 1 saturated carbocycles. The van der Waals surface area contributed by atoms with Crippen molar-refractivity contribution in [3.05, 3.63) is 83.9 Å². The van der Waals surface area contributed by atoms with Gasteiger partial charge in [-0.3, -0.25) is 14.4 Å². The molecule has 18 nitrogen and oxygen atoms in total. The second-order valence-electron chi connectivity index (χ2n) is 12.8. The van der Waals surface area contributed by atoms with E-state index in [1.165, 1.54) is 6.33 Å². The molecule has 0 unspecified atom stereocenters. The highest BCUT2D eigenvalue weighted by molar-refractivity contribution is 5.94. The van der Waals surface area contributed by atoms with Gasteiger partial charge in [-0.2, -0.15) is 13.2 Å². The molecule has 0 radical (unpaired) electrons. The summed E-state index contributed by atoms with van der Waals surface area (Å²) in [6, 6.07) is 17.9. The number of carboxylic acids is 1. The Bertz CT molecular complexity index is 1980. The molecule has 0 bridgehead atoms. The fraction of sp³-hybridized carbons (Fsp3) is 0.405. The number of aliphatic hydroxyl groups is 2. The van der Waals surface area contributed by atoms with Gasteiger partial charge in [-0.15, -0.1) is 0 Å². The van der Waals surface area contributed by atoms with Gasteiger partial charge < -0.3 is 51.2 Å². The van der Waals surface area contributed by atoms with Crippen LogP contribution in [0.15, 0.2) is 67.0 Å². The Morgan fingerprint density at radius 1 is 0.897 bits per heavy atom. The molecule has 4 amide bonds. The maximum atomic E-state index is 13.4. The maximum Gasteiger partial charge on any atom is 0.490 e. The minimum Gasteiger partial charge on any atom is -0.475 e. The Balaban J connectivity index is 0.000000973. The number of ether oxygens (including phenoxy) is 1. The van der Waals surface area contributed by atoms with E-state index in [1.54, 1.807) is 18.4 Å². The molecule has 5 rings (SSSR count). The van der Waals surface area contributed by atoms with Crippen molar-refractivity contribution >= 4 is 46.8 Å². The zero-order valence-electron chi connectivity index (χ0n) is 31.4. The van der Waals surface area contributed by atoms with Crippen LogP contribution in [0.25, 0.3) is 11.2 Å². The minimum absolute atomic E-state index is 0.0194. The number of alkyl halides is 3. The van der Waals surface area contributed by atoms with Crippen LogP contribution in [0.4, 0.5) is 23.8 Å². The number of urea groups is 1. The highest BCUT2D eigenvalue weighted by Crippen LogP contribution is 2.34. The number of aliphatic carboxylic acids is 1. The number of rotatable bonds is 15. The minimum atomic E-state index is -5.08. The third-order valence-electron chi connectivity index (χ3n) is 8.82. The zero-order chi connectivity index (χ0) is 42.4. The summed E-state index contributed by atoms with van der Waals surface area (Å²) in [6.07, 6.45) is -5.68. The monoisotopic (exact) mass is 815 g/mol. The molecule has 1 aliphatic carbocycles. The second kappa shape index (κ2) is 20.7. The number of amides is 4. The number of aromatic nitrogens is 4. The Morgan fingerprint density at radius 2 is 1.50 bits per heavy atom. The lowest BCUT2D eigenvalue weighted by Gasteiger charge is -2.20. The van der Waals surface area contributed by atoms with Gasteiger partial charge in [0, 0.05) is 32.0 Å². The standard InChI is InChI=1S/C35H43N9O7.C2HF3O2/c1-3-26(45)41-24-17-25(30(48)29(24)47)44-20-40-28-31(38-18-23(21-11-7-5-8-12-21)22-13-9-6-10-14-22)42-32(43-33(28)44)34(49)36-15-16-37-35(50)39-19-27(46)51-4-2;3-2(4,5)1(6)7/h5-14,20,23-25,29-30,47-48H,3-4,15-19H2,1-2H3,(H,36,49)(H,41,45)(H2,37,39,50)(H,38,42,43);(H,6,7)/t24-,25+,29+,30-;/m0./s1. The molecule has 21 heteroatoms. The van der Waals surface area contributed by atoms with Gasteiger partial charge in [-0.25, -0.2) is 24.5 Å². The first-order chi connectivity index (χ1) is 27.6. The third kappa shape index (κ3) is 12.1. The molecule has 312 valence electrons. The van der Waals surface area contributed by atoms with Crippen LogP contribution in [-0.2, 0) is 19.1 Å². The summed E-state index contributed by atoms with van der Waals surface area (Å²) in [6.45, 7) is 3.70. The maximum absolute atomic E-state index is 13.4. The first-order valence-corrected chi connectivity index (χ1v) is 18.1. The summed E-state index contributed by atoms with van der Waals surface area (Å²) >= 11 is 0. The fourth-order valence-electron chi connectivity index (χ4n) is 5.98. The van der Waals surface area contributed by atoms with Crippen molar-refractivity contribution in [3.63, 3.8) is 0 Å². The molecule has 0 saturated heterocycles. The predicted molar refractivity (Wildman–Crippen MR) is 200 cm³/mol. The molecule has 1 aliphatic rings. The van der Waals surface area contributed by atoms with E-state index in [4.69, 9.17) is 14.6 Å². The van der Waals surface area contributed by atoms with Crippen molar-refractivity contribution in [3.8, 4) is 0 Å². The summed E-state index contributed by atoms with van der Waals surface area (Å²) in [5.74, 6) is -4.23. The van der Waals surface area contributed by atoms with Crippen LogP contribution in [0.1, 0.15) is 60.4 Å². The lowest BCUT2D eigenvalue weighted by atomic mass is 9.91. The fourth-order valence-corrected chi connectivity index (χ4v) is 5.98. The number of carboxylic acid groups (broad SMARTS) is 1. The third-order valence-corrected chi connectivity index (χ3v) is 8.82. The van der Waals surface area contributed by atoms with Gasteiger partial charge in [0.1, 0.15) is 24.3 Å². The molecule has 58 heavy (non-hydrogen) atoms. The van der Waals surface area contributed by atoms with Crippen molar-refractivity contribution in [2.45, 2.75) is 63.1 Å². The van der Waals surface area contributed by atoms with Gasteiger partial charge in [0.05, 0.1) is 25.0 Å². The Kier molecular flexibility index (Phi) is 15.8. The number of halogens is 3. The first kappa shape index (κ1) is 44.4. The number of carbonyl (C=O) groups is 5. The molecule has 4 aromatic rings. The van der Waals surface area contributed by atoms with Crippen molar-refractivity contribution in [1.29, 1.82) is 0 Å². The van der Waals surface area contributed by atoms with Crippen molar-refractivity contribution in [2.24, 2.45) is 0 Å². The summed E-state index contributed by atoms with van der Waals surface area (Å²) in [4.78, 5) is 71.6. The number of nitrogens with one attached hydrogen (secondary N) is 5. The number of esters is 1. The molecule has 2 aromatic carbocycles. The number of aliphatic hydroxyl groups excluding tert-OH is 2. The first-order valence-electron chi connectivity index (χ1n) is 18.1. The van der Waals surface area contributed by atoms with E-state index in [0.29, 0.717) is 12.1 Å². The lowest BCUT2D eigenvalue weighted by molar-refractivity contribution is -0.192. The van der Waals surface area contributed by atoms with Gasteiger partial charge in [-0.05, 0) is 24.5 Å². The molecule has 2 heterocycles. The smallest absolute Gasteiger partial charge is 0.475 e. The summed E-state index contributed by atoms with van der Waals surface area (Å²) in [5, 5.41) is 42.7. The van der Waals surface area contributed by atoms with Crippen LogP contribution in [0.5, 0.6) is 0 Å². The van der Waals surface area contributed by atoms with Crippen LogP contribution in [0.3, 0.4) is 0 Å². The van der Waals surface area contributed by atoms with Crippen LogP contribution in [0, 0.1) is 0 Å². The van der Waals surface area contributed by atoms with E-state index < -0.39 is 54.3 Å². The average molecular weight is 816 g/mol. The van der Waals surface area contributed by atoms with Crippen molar-refractivity contribution < 1.29 is 57.2 Å². The Hall–Kier alpha value is -6.35. The Morgan fingerprint density at radius 3 is 2.07 bits per heavy atom.